The summed E-state index contributed by atoms with van der Waals surface area (Å²) in [5.74, 6) is -0.796. The highest BCUT2D eigenvalue weighted by Gasteiger charge is 2.21. The maximum absolute atomic E-state index is 12.3. The van der Waals surface area contributed by atoms with Crippen molar-refractivity contribution in [1.82, 2.24) is 0 Å². The lowest BCUT2D eigenvalue weighted by Crippen LogP contribution is -2.35. The van der Waals surface area contributed by atoms with Crippen LogP contribution in [0.5, 0.6) is 11.5 Å². The lowest BCUT2D eigenvalue weighted by molar-refractivity contribution is -0.219. The molecule has 0 heterocycles. The third kappa shape index (κ3) is 5.49. The predicted octanol–water partition coefficient (Wildman–Crippen LogP) is 3.74. The van der Waals surface area contributed by atoms with Gasteiger partial charge in [-0.15, -0.1) is 12.4 Å². The summed E-state index contributed by atoms with van der Waals surface area (Å²) in [4.78, 5) is 18.8. The van der Waals surface area contributed by atoms with Crippen LogP contribution in [0.15, 0.2) is 57.7 Å². The van der Waals surface area contributed by atoms with Crippen molar-refractivity contribution in [3.05, 3.63) is 47.4 Å². The van der Waals surface area contributed by atoms with E-state index in [0.717, 1.165) is 0 Å². The number of para-hydroxylation sites is 1. The first kappa shape index (κ1) is 22.5. The highest BCUT2D eigenvalue weighted by atomic mass is 35.5. The zero-order valence-electron chi connectivity index (χ0n) is 15.4. The van der Waals surface area contributed by atoms with Gasteiger partial charge >= 0.3 is 5.69 Å². The molecule has 146 valence electrons. The average molecular weight is 404 g/mol. The number of diazo groups is 1. The van der Waals surface area contributed by atoms with E-state index < -0.39 is 17.7 Å². The smallest absolute Gasteiger partial charge is 0.430 e. The van der Waals surface area contributed by atoms with Crippen molar-refractivity contribution in [2.75, 3.05) is 14.2 Å². The molecule has 0 saturated carbocycles. The van der Waals surface area contributed by atoms with Gasteiger partial charge in [-0.2, -0.15) is 10.2 Å². The average Bonchev–Trinajstić information content (AvgIpc) is 2.68. The molecule has 0 spiro atoms. The molecular formula is C18H18ClN5O4. The molecule has 0 amide bonds. The highest BCUT2D eigenvalue weighted by Crippen LogP contribution is 2.39. The Balaban J connectivity index is 0.00000392. The van der Waals surface area contributed by atoms with Gasteiger partial charge in [0, 0.05) is 6.07 Å². The molecule has 1 unspecified atom stereocenters. The second-order valence-corrected chi connectivity index (χ2v) is 5.31. The van der Waals surface area contributed by atoms with Crippen LogP contribution < -0.4 is 14.6 Å². The Morgan fingerprint density at radius 2 is 1.79 bits per heavy atom. The van der Waals surface area contributed by atoms with Crippen LogP contribution in [0.25, 0.3) is 4.98 Å². The van der Waals surface area contributed by atoms with Crippen LogP contribution in [0.2, 0.25) is 0 Å². The van der Waals surface area contributed by atoms with Gasteiger partial charge in [0.25, 0.3) is 0 Å². The lowest BCUT2D eigenvalue weighted by Gasteiger charge is -2.15. The fourth-order valence-corrected chi connectivity index (χ4v) is 2.14. The Labute approximate surface area is 167 Å². The van der Waals surface area contributed by atoms with E-state index in [-0.39, 0.29) is 35.3 Å². The normalized spacial score (nSPS) is 12.0. The fraction of sp³-hybridized carbons (Fsp3) is 0.222. The fourth-order valence-electron chi connectivity index (χ4n) is 2.14. The van der Waals surface area contributed by atoms with Gasteiger partial charge in [0.2, 0.25) is 11.1 Å². The Kier molecular flexibility index (Phi) is 8.52. The number of benzene rings is 2. The van der Waals surface area contributed by atoms with Crippen LogP contribution >= 0.6 is 12.4 Å². The molecule has 0 fully saturated rings. The molecule has 0 bridgehead atoms. The number of methoxy groups -OCH3 is 2. The molecule has 28 heavy (non-hydrogen) atoms. The summed E-state index contributed by atoms with van der Waals surface area (Å²) >= 11 is 0. The minimum atomic E-state index is -1.39. The molecule has 9 nitrogen and oxygen atoms in total. The number of rotatable bonds is 7. The van der Waals surface area contributed by atoms with Crippen molar-refractivity contribution in [1.29, 1.82) is 5.39 Å². The van der Waals surface area contributed by atoms with Gasteiger partial charge in [-0.1, -0.05) is 18.2 Å². The maximum atomic E-state index is 12.3. The standard InChI is InChI=1S/C18H17N5O4.ClH/c1-11(24)17(18(25)20-12-7-5-4-6-8-12)23-22-14-10-15(26-2)13(21-19)9-16(14)27-3;/h4-10,17H,1-3H3;1H. The van der Waals surface area contributed by atoms with E-state index >= 15 is 0 Å². The number of halogens is 1. The quantitative estimate of drug-likeness (QED) is 0.301. The molecule has 2 rings (SSSR count). The van der Waals surface area contributed by atoms with Crippen molar-refractivity contribution in [2.45, 2.75) is 13.0 Å². The molecule has 0 radical (unpaired) electrons. The van der Waals surface area contributed by atoms with Gasteiger partial charge in [0.15, 0.2) is 22.6 Å². The Bertz CT molecular complexity index is 926. The molecule has 0 aromatic heterocycles. The van der Waals surface area contributed by atoms with E-state index in [2.05, 4.69) is 20.2 Å². The first-order valence-corrected chi connectivity index (χ1v) is 7.83. The number of aliphatic imine (C=N–C) groups is 1. The monoisotopic (exact) mass is 403 g/mol. The van der Waals surface area contributed by atoms with Crippen molar-refractivity contribution in [2.24, 2.45) is 15.2 Å². The molecular weight excluding hydrogens is 386 g/mol. The van der Waals surface area contributed by atoms with Gasteiger partial charge in [0.05, 0.1) is 26.0 Å². The topological polar surface area (TPSA) is 124 Å². The number of Topliss-reactive ketones (excluding diaryl/α,β-unsaturated/α-hetero) is 1. The summed E-state index contributed by atoms with van der Waals surface area (Å²) in [6.07, 6.45) is 0. The van der Waals surface area contributed by atoms with Crippen LogP contribution in [0.4, 0.5) is 17.1 Å². The van der Waals surface area contributed by atoms with Crippen LogP contribution in [-0.4, -0.2) is 31.9 Å². The molecule has 2 aromatic rings. The summed E-state index contributed by atoms with van der Waals surface area (Å²) in [6.45, 7) is 1.23. The van der Waals surface area contributed by atoms with Gasteiger partial charge in [-0.25, -0.2) is 0 Å². The van der Waals surface area contributed by atoms with Crippen molar-refractivity contribution < 1.29 is 19.4 Å². The molecule has 0 aliphatic carbocycles. The van der Waals surface area contributed by atoms with Crippen LogP contribution in [-0.2, 0) is 4.79 Å². The van der Waals surface area contributed by atoms with E-state index in [0.29, 0.717) is 5.69 Å². The number of ketones is 1. The largest absolute Gasteiger partial charge is 0.860 e. The summed E-state index contributed by atoms with van der Waals surface area (Å²) < 4.78 is 10.3. The van der Waals surface area contributed by atoms with Crippen LogP contribution in [0, 0.1) is 5.39 Å². The summed E-state index contributed by atoms with van der Waals surface area (Å²) in [5, 5.41) is 29.1. The molecule has 0 aliphatic heterocycles. The number of nitrogens with zero attached hydrogens (tertiary/aromatic N) is 5. The number of hydrogen-bond donors (Lipinski definition) is 0. The second kappa shape index (κ2) is 10.6. The SMILES string of the molecule is COc1cc([N+]#N)c(OC)cc1N=NC(C(C)=O)C([O-])=Nc1ccccc1.Cl. The Hall–Kier alpha value is -3.51. The number of carbonyl (C=O) groups is 1. The number of azo groups is 1. The van der Waals surface area contributed by atoms with Crippen LogP contribution in [0.1, 0.15) is 6.92 Å². The minimum absolute atomic E-state index is 0. The first-order valence-electron chi connectivity index (χ1n) is 7.83. The lowest BCUT2D eigenvalue weighted by atomic mass is 10.2. The molecule has 0 aliphatic rings. The zero-order chi connectivity index (χ0) is 19.8. The number of ether oxygens (including phenoxy) is 2. The summed E-state index contributed by atoms with van der Waals surface area (Å²) in [6, 6.07) is 9.91. The maximum Gasteiger partial charge on any atom is 0.430 e. The highest BCUT2D eigenvalue weighted by molar-refractivity contribution is 6.03. The van der Waals surface area contributed by atoms with E-state index in [1.54, 1.807) is 30.3 Å². The van der Waals surface area contributed by atoms with E-state index in [9.17, 15) is 9.90 Å². The summed E-state index contributed by atoms with van der Waals surface area (Å²) in [7, 11) is 2.78. The predicted molar refractivity (Wildman–Crippen MR) is 104 cm³/mol. The number of hydrogen-bond acceptors (Lipinski definition) is 8. The van der Waals surface area contributed by atoms with Crippen LogP contribution in [0.3, 0.4) is 0 Å². The van der Waals surface area contributed by atoms with Gasteiger partial charge < -0.3 is 14.6 Å². The van der Waals surface area contributed by atoms with Crippen molar-refractivity contribution in [3.8, 4) is 11.5 Å². The van der Waals surface area contributed by atoms with Crippen molar-refractivity contribution in [3.63, 3.8) is 0 Å². The Morgan fingerprint density at radius 1 is 1.14 bits per heavy atom. The second-order valence-electron chi connectivity index (χ2n) is 5.31. The number of carbonyl (C=O) groups excluding carboxylic acids is 1. The molecule has 10 heteroatoms. The molecule has 0 saturated heterocycles. The van der Waals surface area contributed by atoms with Gasteiger partial charge in [-0.3, -0.25) is 9.79 Å². The minimum Gasteiger partial charge on any atom is -0.860 e. The first-order chi connectivity index (χ1) is 13.0. The zero-order valence-corrected chi connectivity index (χ0v) is 16.2. The summed E-state index contributed by atoms with van der Waals surface area (Å²) in [5.41, 5.74) is 0.740. The van der Waals surface area contributed by atoms with Gasteiger partial charge in [-0.05, 0) is 25.0 Å². The van der Waals surface area contributed by atoms with E-state index in [1.165, 1.54) is 33.3 Å². The molecule has 2 aromatic carbocycles. The molecule has 0 N–H and O–H groups in total. The van der Waals surface area contributed by atoms with E-state index in [1.807, 2.05) is 0 Å². The Morgan fingerprint density at radius 3 is 2.32 bits per heavy atom. The third-order valence-corrected chi connectivity index (χ3v) is 3.48. The van der Waals surface area contributed by atoms with Crippen molar-refractivity contribution >= 4 is 41.2 Å². The molecule has 1 atom stereocenters. The van der Waals surface area contributed by atoms with E-state index in [4.69, 9.17) is 14.9 Å². The van der Waals surface area contributed by atoms with Gasteiger partial charge in [0.1, 0.15) is 5.69 Å². The third-order valence-electron chi connectivity index (χ3n) is 3.48.